The number of rotatable bonds is 6. The Morgan fingerprint density at radius 1 is 1.39 bits per heavy atom. The molecular formula is C13H27ClN2O2. The molecule has 0 aliphatic heterocycles. The van der Waals surface area contributed by atoms with Gasteiger partial charge in [-0.15, -0.1) is 12.4 Å². The van der Waals surface area contributed by atoms with Crippen molar-refractivity contribution in [2.24, 2.45) is 5.41 Å². The molecule has 1 unspecified atom stereocenters. The fraction of sp³-hybridized carbons (Fsp3) is 0.923. The molecule has 1 atom stereocenters. The van der Waals surface area contributed by atoms with Gasteiger partial charge in [-0.25, -0.2) is 0 Å². The van der Waals surface area contributed by atoms with E-state index in [9.17, 15) is 4.79 Å². The van der Waals surface area contributed by atoms with E-state index in [2.05, 4.69) is 24.5 Å². The molecule has 0 radical (unpaired) electrons. The summed E-state index contributed by atoms with van der Waals surface area (Å²) in [5.41, 5.74) is 0.237. The zero-order valence-corrected chi connectivity index (χ0v) is 12.6. The lowest BCUT2D eigenvalue weighted by Gasteiger charge is -2.39. The summed E-state index contributed by atoms with van der Waals surface area (Å²) in [6.07, 6.45) is 4.82. The van der Waals surface area contributed by atoms with Crippen molar-refractivity contribution in [1.82, 2.24) is 10.6 Å². The molecular weight excluding hydrogens is 252 g/mol. The minimum Gasteiger partial charge on any atom is -0.383 e. The Kier molecular flexibility index (Phi) is 8.57. The van der Waals surface area contributed by atoms with Crippen molar-refractivity contribution in [3.63, 3.8) is 0 Å². The standard InChI is InChI=1S/C13H26N2O2.ClH/c1-13(2)7-5-4-6-11(13)15-12(16)10-14-8-9-17-3;/h11,14H,4-10H2,1-3H3,(H,15,16);1H. The van der Waals surface area contributed by atoms with E-state index in [0.29, 0.717) is 19.2 Å². The Morgan fingerprint density at radius 3 is 2.72 bits per heavy atom. The Hall–Kier alpha value is -0.320. The number of carbonyl (C=O) groups excluding carboxylic acids is 1. The van der Waals surface area contributed by atoms with Crippen molar-refractivity contribution >= 4 is 18.3 Å². The average Bonchev–Trinajstić information content (AvgIpc) is 2.27. The summed E-state index contributed by atoms with van der Waals surface area (Å²) in [7, 11) is 1.66. The molecule has 0 aromatic heterocycles. The number of nitrogens with one attached hydrogen (secondary N) is 2. The first-order valence-corrected chi connectivity index (χ1v) is 6.55. The van der Waals surface area contributed by atoms with E-state index >= 15 is 0 Å². The first-order chi connectivity index (χ1) is 8.06. The van der Waals surface area contributed by atoms with E-state index in [1.54, 1.807) is 7.11 Å². The van der Waals surface area contributed by atoms with Crippen LogP contribution in [0.2, 0.25) is 0 Å². The van der Waals surface area contributed by atoms with Crippen LogP contribution in [0, 0.1) is 5.41 Å². The van der Waals surface area contributed by atoms with Gasteiger partial charge in [0.25, 0.3) is 0 Å². The van der Waals surface area contributed by atoms with Gasteiger partial charge in [0.2, 0.25) is 5.91 Å². The van der Waals surface area contributed by atoms with Crippen molar-refractivity contribution in [1.29, 1.82) is 0 Å². The highest BCUT2D eigenvalue weighted by Gasteiger charge is 2.32. The number of carbonyl (C=O) groups is 1. The molecule has 0 bridgehead atoms. The Bertz CT molecular complexity index is 247. The molecule has 1 aliphatic carbocycles. The molecule has 1 saturated carbocycles. The second-order valence-electron chi connectivity index (χ2n) is 5.52. The third-order valence-electron chi connectivity index (χ3n) is 3.61. The topological polar surface area (TPSA) is 50.4 Å². The van der Waals surface area contributed by atoms with E-state index in [-0.39, 0.29) is 23.7 Å². The zero-order chi connectivity index (χ0) is 12.7. The van der Waals surface area contributed by atoms with Crippen LogP contribution in [0.5, 0.6) is 0 Å². The maximum absolute atomic E-state index is 11.7. The normalized spacial score (nSPS) is 22.1. The lowest BCUT2D eigenvalue weighted by molar-refractivity contribution is -0.122. The van der Waals surface area contributed by atoms with Gasteiger partial charge < -0.3 is 15.4 Å². The SMILES string of the molecule is COCCNCC(=O)NC1CCCCC1(C)C.Cl. The van der Waals surface area contributed by atoms with Gasteiger partial charge in [-0.05, 0) is 18.3 Å². The number of hydrogen-bond donors (Lipinski definition) is 2. The minimum atomic E-state index is 0. The number of halogens is 1. The minimum absolute atomic E-state index is 0. The van der Waals surface area contributed by atoms with Crippen LogP contribution in [-0.2, 0) is 9.53 Å². The summed E-state index contributed by atoms with van der Waals surface area (Å²) in [6, 6.07) is 0.327. The van der Waals surface area contributed by atoms with Crippen LogP contribution in [-0.4, -0.2) is 38.8 Å². The van der Waals surface area contributed by atoms with Crippen molar-refractivity contribution in [3.8, 4) is 0 Å². The molecule has 0 aromatic carbocycles. The fourth-order valence-corrected chi connectivity index (χ4v) is 2.38. The Morgan fingerprint density at radius 2 is 2.11 bits per heavy atom. The quantitative estimate of drug-likeness (QED) is 0.728. The van der Waals surface area contributed by atoms with Crippen molar-refractivity contribution < 1.29 is 9.53 Å². The molecule has 4 nitrogen and oxygen atoms in total. The number of methoxy groups -OCH3 is 1. The molecule has 1 amide bonds. The molecule has 108 valence electrons. The molecule has 1 rings (SSSR count). The number of hydrogen-bond acceptors (Lipinski definition) is 3. The molecule has 2 N–H and O–H groups in total. The third kappa shape index (κ3) is 6.03. The Labute approximate surface area is 117 Å². The van der Waals surface area contributed by atoms with Crippen molar-refractivity contribution in [2.75, 3.05) is 26.8 Å². The highest BCUT2D eigenvalue weighted by Crippen LogP contribution is 2.35. The molecule has 18 heavy (non-hydrogen) atoms. The van der Waals surface area contributed by atoms with Gasteiger partial charge in [-0.1, -0.05) is 26.7 Å². The monoisotopic (exact) mass is 278 g/mol. The highest BCUT2D eigenvalue weighted by molar-refractivity contribution is 5.85. The fourth-order valence-electron chi connectivity index (χ4n) is 2.38. The lowest BCUT2D eigenvalue weighted by atomic mass is 9.73. The summed E-state index contributed by atoms with van der Waals surface area (Å²) < 4.78 is 4.91. The smallest absolute Gasteiger partial charge is 0.234 e. The van der Waals surface area contributed by atoms with E-state index < -0.39 is 0 Å². The van der Waals surface area contributed by atoms with Crippen LogP contribution >= 0.6 is 12.4 Å². The van der Waals surface area contributed by atoms with Crippen LogP contribution in [0.15, 0.2) is 0 Å². The predicted octanol–water partition coefficient (Wildman–Crippen LogP) is 1.73. The molecule has 1 aliphatic rings. The molecule has 0 heterocycles. The average molecular weight is 279 g/mol. The first kappa shape index (κ1) is 17.7. The highest BCUT2D eigenvalue weighted by atomic mass is 35.5. The van der Waals surface area contributed by atoms with E-state index in [4.69, 9.17) is 4.74 Å². The molecule has 0 aromatic rings. The maximum atomic E-state index is 11.7. The van der Waals surface area contributed by atoms with Gasteiger partial charge in [-0.2, -0.15) is 0 Å². The second-order valence-corrected chi connectivity index (χ2v) is 5.52. The van der Waals surface area contributed by atoms with Gasteiger partial charge in [0, 0.05) is 19.7 Å². The summed E-state index contributed by atoms with van der Waals surface area (Å²) in [4.78, 5) is 11.7. The third-order valence-corrected chi connectivity index (χ3v) is 3.61. The van der Waals surface area contributed by atoms with Crippen LogP contribution in [0.1, 0.15) is 39.5 Å². The van der Waals surface area contributed by atoms with Gasteiger partial charge in [0.05, 0.1) is 13.2 Å². The molecule has 0 spiro atoms. The summed E-state index contributed by atoms with van der Waals surface area (Å²) in [6.45, 7) is 6.24. The van der Waals surface area contributed by atoms with Crippen LogP contribution in [0.4, 0.5) is 0 Å². The number of ether oxygens (including phenoxy) is 1. The van der Waals surface area contributed by atoms with Gasteiger partial charge in [0.15, 0.2) is 0 Å². The predicted molar refractivity (Wildman–Crippen MR) is 76.2 cm³/mol. The molecule has 1 fully saturated rings. The summed E-state index contributed by atoms with van der Waals surface area (Å²) >= 11 is 0. The van der Waals surface area contributed by atoms with Crippen LogP contribution in [0.3, 0.4) is 0 Å². The molecule has 0 saturated heterocycles. The van der Waals surface area contributed by atoms with Gasteiger partial charge in [-0.3, -0.25) is 4.79 Å². The van der Waals surface area contributed by atoms with E-state index in [0.717, 1.165) is 13.0 Å². The lowest BCUT2D eigenvalue weighted by Crippen LogP contribution is -2.49. The van der Waals surface area contributed by atoms with Crippen molar-refractivity contribution in [3.05, 3.63) is 0 Å². The maximum Gasteiger partial charge on any atom is 0.234 e. The largest absolute Gasteiger partial charge is 0.383 e. The first-order valence-electron chi connectivity index (χ1n) is 6.55. The molecule has 5 heteroatoms. The summed E-state index contributed by atoms with van der Waals surface area (Å²) in [5.74, 6) is 0.0982. The van der Waals surface area contributed by atoms with Crippen molar-refractivity contribution in [2.45, 2.75) is 45.6 Å². The summed E-state index contributed by atoms with van der Waals surface area (Å²) in [5, 5.41) is 6.21. The zero-order valence-electron chi connectivity index (χ0n) is 11.8. The van der Waals surface area contributed by atoms with Gasteiger partial charge >= 0.3 is 0 Å². The van der Waals surface area contributed by atoms with Gasteiger partial charge in [0.1, 0.15) is 0 Å². The van der Waals surface area contributed by atoms with E-state index in [1.807, 2.05) is 0 Å². The van der Waals surface area contributed by atoms with E-state index in [1.165, 1.54) is 19.3 Å². The van der Waals surface area contributed by atoms with Crippen LogP contribution < -0.4 is 10.6 Å². The van der Waals surface area contributed by atoms with Crippen LogP contribution in [0.25, 0.3) is 0 Å². The second kappa shape index (κ2) is 8.73. The number of amides is 1. The Balaban J connectivity index is 0.00000289.